The second kappa shape index (κ2) is 10.6. The molecule has 0 radical (unpaired) electrons. The van der Waals surface area contributed by atoms with Gasteiger partial charge in [0.1, 0.15) is 5.75 Å². The molecule has 0 unspecified atom stereocenters. The maximum absolute atomic E-state index is 11.8. The molecule has 2 rings (SSSR count). The highest BCUT2D eigenvalue weighted by Gasteiger charge is 2.07. The van der Waals surface area contributed by atoms with E-state index in [4.69, 9.17) is 18.9 Å². The van der Waals surface area contributed by atoms with Gasteiger partial charge in [-0.1, -0.05) is 0 Å². The number of methoxy groups -OCH3 is 2. The Morgan fingerprint density at radius 3 is 2.39 bits per heavy atom. The maximum Gasteiger partial charge on any atom is 0.338 e. The van der Waals surface area contributed by atoms with Crippen LogP contribution >= 0.6 is 0 Å². The number of carbonyl (C=O) groups excluding carboxylic acids is 2. The van der Waals surface area contributed by atoms with Crippen LogP contribution in [0.2, 0.25) is 0 Å². The minimum absolute atomic E-state index is 0.220. The first-order chi connectivity index (χ1) is 13.6. The summed E-state index contributed by atoms with van der Waals surface area (Å²) in [6.45, 7) is 1.82. The molecule has 0 fully saturated rings. The fourth-order valence-electron chi connectivity index (χ4n) is 2.19. The molecule has 0 spiro atoms. The van der Waals surface area contributed by atoms with Crippen molar-refractivity contribution in [1.29, 1.82) is 0 Å². The van der Waals surface area contributed by atoms with Gasteiger partial charge in [-0.15, -0.1) is 0 Å². The summed E-state index contributed by atoms with van der Waals surface area (Å²) in [5.74, 6) is 0.785. The van der Waals surface area contributed by atoms with Gasteiger partial charge in [0.25, 0.3) is 5.91 Å². The van der Waals surface area contributed by atoms with E-state index in [0.29, 0.717) is 29.4 Å². The van der Waals surface area contributed by atoms with E-state index in [9.17, 15) is 9.59 Å². The summed E-state index contributed by atoms with van der Waals surface area (Å²) in [5, 5.41) is 3.88. The third kappa shape index (κ3) is 6.01. The molecular formula is C20H22N2O6. The summed E-state index contributed by atoms with van der Waals surface area (Å²) < 4.78 is 20.6. The summed E-state index contributed by atoms with van der Waals surface area (Å²) in [7, 11) is 3.09. The van der Waals surface area contributed by atoms with Gasteiger partial charge in [0.15, 0.2) is 18.1 Å². The number of hydrogen-bond acceptors (Lipinski definition) is 7. The highest BCUT2D eigenvalue weighted by atomic mass is 16.5. The SMILES string of the molecule is CCOC(=O)c1ccc(OCC(=O)NN=Cc2ccc(OC)c(OC)c2)cc1. The van der Waals surface area contributed by atoms with E-state index in [-0.39, 0.29) is 6.61 Å². The van der Waals surface area contributed by atoms with Crippen molar-refractivity contribution in [1.82, 2.24) is 5.43 Å². The largest absolute Gasteiger partial charge is 0.493 e. The third-order valence-corrected chi connectivity index (χ3v) is 3.55. The Morgan fingerprint density at radius 2 is 1.75 bits per heavy atom. The molecule has 0 heterocycles. The Morgan fingerprint density at radius 1 is 1.04 bits per heavy atom. The van der Waals surface area contributed by atoms with Crippen molar-refractivity contribution in [2.75, 3.05) is 27.4 Å². The van der Waals surface area contributed by atoms with Crippen molar-refractivity contribution in [3.8, 4) is 17.2 Å². The molecule has 148 valence electrons. The predicted octanol–water partition coefficient (Wildman–Crippen LogP) is 2.41. The number of hydrogen-bond donors (Lipinski definition) is 1. The molecule has 0 atom stereocenters. The van der Waals surface area contributed by atoms with Crippen molar-refractivity contribution in [3.63, 3.8) is 0 Å². The summed E-state index contributed by atoms with van der Waals surface area (Å²) in [6, 6.07) is 11.6. The van der Waals surface area contributed by atoms with Crippen LogP contribution in [-0.4, -0.2) is 45.5 Å². The number of amides is 1. The van der Waals surface area contributed by atoms with Crippen LogP contribution in [0, 0.1) is 0 Å². The first kappa shape index (κ1) is 20.8. The second-order valence-electron chi connectivity index (χ2n) is 5.44. The van der Waals surface area contributed by atoms with E-state index >= 15 is 0 Å². The van der Waals surface area contributed by atoms with Crippen molar-refractivity contribution in [2.24, 2.45) is 5.10 Å². The first-order valence-electron chi connectivity index (χ1n) is 8.51. The fraction of sp³-hybridized carbons (Fsp3) is 0.250. The number of ether oxygens (including phenoxy) is 4. The van der Waals surface area contributed by atoms with E-state index in [1.165, 1.54) is 13.3 Å². The maximum atomic E-state index is 11.8. The van der Waals surface area contributed by atoms with Gasteiger partial charge in [-0.2, -0.15) is 5.10 Å². The van der Waals surface area contributed by atoms with E-state index in [2.05, 4.69) is 10.5 Å². The molecule has 28 heavy (non-hydrogen) atoms. The van der Waals surface area contributed by atoms with Crippen LogP contribution < -0.4 is 19.6 Å². The van der Waals surface area contributed by atoms with Gasteiger partial charge >= 0.3 is 5.97 Å². The Kier molecular flexibility index (Phi) is 7.83. The van der Waals surface area contributed by atoms with Crippen molar-refractivity contribution >= 4 is 18.1 Å². The van der Waals surface area contributed by atoms with Crippen LogP contribution in [0.5, 0.6) is 17.2 Å². The Balaban J connectivity index is 1.82. The molecule has 0 aromatic heterocycles. The van der Waals surface area contributed by atoms with Crippen LogP contribution in [0.15, 0.2) is 47.6 Å². The van der Waals surface area contributed by atoms with Crippen LogP contribution in [0.4, 0.5) is 0 Å². The molecule has 8 nitrogen and oxygen atoms in total. The first-order valence-corrected chi connectivity index (χ1v) is 8.51. The zero-order chi connectivity index (χ0) is 20.4. The molecule has 0 aliphatic carbocycles. The molecule has 0 aliphatic heterocycles. The predicted molar refractivity (Wildman–Crippen MR) is 103 cm³/mol. The number of hydrazone groups is 1. The lowest BCUT2D eigenvalue weighted by Gasteiger charge is -2.07. The van der Waals surface area contributed by atoms with Gasteiger partial charge in [-0.05, 0) is 55.0 Å². The van der Waals surface area contributed by atoms with Crippen LogP contribution in [0.1, 0.15) is 22.8 Å². The van der Waals surface area contributed by atoms with Crippen molar-refractivity contribution in [2.45, 2.75) is 6.92 Å². The third-order valence-electron chi connectivity index (χ3n) is 3.55. The minimum atomic E-state index is -0.425. The Labute approximate surface area is 163 Å². The van der Waals surface area contributed by atoms with Crippen LogP contribution in [-0.2, 0) is 9.53 Å². The van der Waals surface area contributed by atoms with Crippen molar-refractivity contribution in [3.05, 3.63) is 53.6 Å². The average Bonchev–Trinajstić information content (AvgIpc) is 2.72. The van der Waals surface area contributed by atoms with E-state index in [0.717, 1.165) is 5.56 Å². The number of esters is 1. The van der Waals surface area contributed by atoms with E-state index < -0.39 is 11.9 Å². The van der Waals surface area contributed by atoms with Crippen molar-refractivity contribution < 1.29 is 28.5 Å². The summed E-state index contributed by atoms with van der Waals surface area (Å²) in [5.41, 5.74) is 3.52. The zero-order valence-corrected chi connectivity index (χ0v) is 15.9. The molecule has 1 amide bonds. The van der Waals surface area contributed by atoms with E-state index in [1.54, 1.807) is 56.5 Å². The van der Waals surface area contributed by atoms with Gasteiger partial charge in [0, 0.05) is 0 Å². The zero-order valence-electron chi connectivity index (χ0n) is 15.9. The monoisotopic (exact) mass is 386 g/mol. The van der Waals surface area contributed by atoms with E-state index in [1.807, 2.05) is 0 Å². The van der Waals surface area contributed by atoms with Gasteiger partial charge in [-0.3, -0.25) is 4.79 Å². The van der Waals surface area contributed by atoms with Crippen LogP contribution in [0.3, 0.4) is 0 Å². The number of nitrogens with one attached hydrogen (secondary N) is 1. The fourth-order valence-corrected chi connectivity index (χ4v) is 2.19. The molecule has 0 saturated heterocycles. The smallest absolute Gasteiger partial charge is 0.338 e. The minimum Gasteiger partial charge on any atom is -0.493 e. The lowest BCUT2D eigenvalue weighted by atomic mass is 10.2. The highest BCUT2D eigenvalue weighted by molar-refractivity contribution is 5.89. The molecule has 2 aromatic carbocycles. The molecule has 0 saturated carbocycles. The van der Waals surface area contributed by atoms with Gasteiger partial charge in [0.2, 0.25) is 0 Å². The molecule has 0 aliphatic rings. The number of carbonyl (C=O) groups is 2. The lowest BCUT2D eigenvalue weighted by molar-refractivity contribution is -0.123. The molecule has 2 aromatic rings. The Hall–Kier alpha value is -3.55. The van der Waals surface area contributed by atoms with Gasteiger partial charge in [-0.25, -0.2) is 10.2 Å². The van der Waals surface area contributed by atoms with Crippen LogP contribution in [0.25, 0.3) is 0 Å². The quantitative estimate of drug-likeness (QED) is 0.404. The normalized spacial score (nSPS) is 10.4. The topological polar surface area (TPSA) is 95.5 Å². The molecule has 8 heteroatoms. The molecule has 0 bridgehead atoms. The highest BCUT2D eigenvalue weighted by Crippen LogP contribution is 2.26. The molecular weight excluding hydrogens is 364 g/mol. The number of nitrogens with zero attached hydrogens (tertiary/aromatic N) is 1. The number of rotatable bonds is 9. The number of benzene rings is 2. The van der Waals surface area contributed by atoms with Gasteiger partial charge < -0.3 is 18.9 Å². The van der Waals surface area contributed by atoms with Gasteiger partial charge in [0.05, 0.1) is 32.6 Å². The average molecular weight is 386 g/mol. The Bertz CT molecular complexity index is 833. The standard InChI is InChI=1S/C20H22N2O6/c1-4-27-20(24)15-6-8-16(9-7-15)28-13-19(23)22-21-12-14-5-10-17(25-2)18(11-14)26-3/h5-12H,4,13H2,1-3H3,(H,22,23). The lowest BCUT2D eigenvalue weighted by Crippen LogP contribution is -2.24. The summed E-state index contributed by atoms with van der Waals surface area (Å²) in [4.78, 5) is 23.4. The molecule has 1 N–H and O–H groups in total. The summed E-state index contributed by atoms with van der Waals surface area (Å²) >= 11 is 0. The summed E-state index contributed by atoms with van der Waals surface area (Å²) in [6.07, 6.45) is 1.48. The second-order valence-corrected chi connectivity index (χ2v) is 5.44.